The molecule has 78 valence electrons. The number of aromatic nitrogens is 2. The van der Waals surface area contributed by atoms with Gasteiger partial charge in [-0.2, -0.15) is 0 Å². The first-order valence-electron chi connectivity index (χ1n) is 4.86. The average molecular weight is 236 g/mol. The molecule has 15 heavy (non-hydrogen) atoms. The Kier molecular flexibility index (Phi) is 2.98. The molecule has 0 aliphatic rings. The maximum atomic E-state index is 5.24. The van der Waals surface area contributed by atoms with E-state index in [-0.39, 0.29) is 0 Å². The van der Waals surface area contributed by atoms with Gasteiger partial charge >= 0.3 is 0 Å². The number of hydrogen-bond acceptors (Lipinski definition) is 3. The van der Waals surface area contributed by atoms with Crippen LogP contribution < -0.4 is 0 Å². The van der Waals surface area contributed by atoms with E-state index in [9.17, 15) is 0 Å². The monoisotopic (exact) mass is 236 g/mol. The van der Waals surface area contributed by atoms with Gasteiger partial charge in [0.2, 0.25) is 0 Å². The third-order valence-corrected chi connectivity index (χ3v) is 3.59. The fourth-order valence-corrected chi connectivity index (χ4v) is 2.41. The highest BCUT2D eigenvalue weighted by molar-refractivity contribution is 7.71. The summed E-state index contributed by atoms with van der Waals surface area (Å²) in [6.45, 7) is 4.08. The number of aryl methyl sites for hydroxylation is 1. The highest BCUT2D eigenvalue weighted by Crippen LogP contribution is 2.26. The maximum Gasteiger partial charge on any atom is 0.133 e. The average Bonchev–Trinajstić information content (AvgIpc) is 2.75. The predicted octanol–water partition coefficient (Wildman–Crippen LogP) is 3.74. The summed E-state index contributed by atoms with van der Waals surface area (Å²) in [7, 11) is 0. The zero-order valence-corrected chi connectivity index (χ0v) is 10.3. The van der Waals surface area contributed by atoms with Gasteiger partial charge in [0.15, 0.2) is 0 Å². The van der Waals surface area contributed by atoms with Crippen LogP contribution in [0.25, 0.3) is 10.6 Å². The Hall–Kier alpha value is -1.00. The highest BCUT2D eigenvalue weighted by atomic mass is 32.1. The summed E-state index contributed by atoms with van der Waals surface area (Å²) in [4.78, 5) is 8.88. The quantitative estimate of drug-likeness (QED) is 0.805. The fourth-order valence-electron chi connectivity index (χ4n) is 1.41. The van der Waals surface area contributed by atoms with E-state index in [4.69, 9.17) is 12.2 Å². The largest absolute Gasteiger partial charge is 0.342 e. The molecule has 0 fully saturated rings. The first kappa shape index (κ1) is 10.5. The van der Waals surface area contributed by atoms with E-state index in [1.54, 1.807) is 11.3 Å². The maximum absolute atomic E-state index is 5.24. The lowest BCUT2D eigenvalue weighted by Gasteiger charge is -2.06. The molecule has 0 bridgehead atoms. The molecule has 0 atom stereocenters. The summed E-state index contributed by atoms with van der Waals surface area (Å²) in [6, 6.07) is 4.14. The zero-order chi connectivity index (χ0) is 10.8. The van der Waals surface area contributed by atoms with E-state index >= 15 is 0 Å². The second-order valence-corrected chi connectivity index (χ2v) is 4.65. The molecular weight excluding hydrogens is 224 g/mol. The van der Waals surface area contributed by atoms with Crippen molar-refractivity contribution in [3.8, 4) is 10.6 Å². The van der Waals surface area contributed by atoms with Crippen molar-refractivity contribution in [2.45, 2.75) is 20.3 Å². The van der Waals surface area contributed by atoms with Crippen molar-refractivity contribution < 1.29 is 0 Å². The Morgan fingerprint density at radius 1 is 1.53 bits per heavy atom. The van der Waals surface area contributed by atoms with Gasteiger partial charge in [-0.25, -0.2) is 4.98 Å². The molecule has 2 nitrogen and oxygen atoms in total. The van der Waals surface area contributed by atoms with Gasteiger partial charge in [0.1, 0.15) is 10.5 Å². The van der Waals surface area contributed by atoms with Crippen LogP contribution in [0, 0.1) is 11.6 Å². The Bertz CT molecular complexity index is 512. The predicted molar refractivity (Wildman–Crippen MR) is 66.8 cm³/mol. The van der Waals surface area contributed by atoms with E-state index in [2.05, 4.69) is 28.3 Å². The molecule has 0 saturated heterocycles. The van der Waals surface area contributed by atoms with Gasteiger partial charge in [0, 0.05) is 12.0 Å². The molecule has 2 rings (SSSR count). The summed E-state index contributed by atoms with van der Waals surface area (Å²) >= 11 is 6.95. The van der Waals surface area contributed by atoms with Crippen molar-refractivity contribution in [1.82, 2.24) is 9.97 Å². The molecule has 4 heteroatoms. The second-order valence-electron chi connectivity index (χ2n) is 3.32. The lowest BCUT2D eigenvalue weighted by molar-refractivity contribution is 0.927. The third-order valence-electron chi connectivity index (χ3n) is 2.30. The summed E-state index contributed by atoms with van der Waals surface area (Å²) < 4.78 is 0.703. The molecule has 0 radical (unpaired) electrons. The van der Waals surface area contributed by atoms with Crippen molar-refractivity contribution >= 4 is 23.6 Å². The van der Waals surface area contributed by atoms with Crippen molar-refractivity contribution in [3.05, 3.63) is 33.5 Å². The van der Waals surface area contributed by atoms with Crippen LogP contribution in [0.2, 0.25) is 0 Å². The molecule has 0 aliphatic carbocycles. The number of aromatic amines is 1. The number of rotatable bonds is 2. The molecule has 0 amide bonds. The van der Waals surface area contributed by atoms with Crippen LogP contribution in [-0.2, 0) is 6.42 Å². The standard InChI is InChI=1S/C11H12N2S2/c1-3-9-12-10(7(2)11(14)13-9)8-5-4-6-15-8/h4-6H,3H2,1-2H3,(H,12,13,14). The highest BCUT2D eigenvalue weighted by Gasteiger charge is 2.06. The Labute approximate surface area is 98.0 Å². The summed E-state index contributed by atoms with van der Waals surface area (Å²) in [5.41, 5.74) is 2.17. The van der Waals surface area contributed by atoms with Gasteiger partial charge in [0.25, 0.3) is 0 Å². The van der Waals surface area contributed by atoms with Crippen LogP contribution in [0.5, 0.6) is 0 Å². The van der Waals surface area contributed by atoms with Gasteiger partial charge < -0.3 is 4.98 Å². The topological polar surface area (TPSA) is 28.7 Å². The fraction of sp³-hybridized carbons (Fsp3) is 0.273. The summed E-state index contributed by atoms with van der Waals surface area (Å²) in [6.07, 6.45) is 0.877. The minimum Gasteiger partial charge on any atom is -0.342 e. The molecule has 1 N–H and O–H groups in total. The first-order valence-corrected chi connectivity index (χ1v) is 6.15. The van der Waals surface area contributed by atoms with Crippen molar-refractivity contribution in [3.63, 3.8) is 0 Å². The van der Waals surface area contributed by atoms with Gasteiger partial charge in [-0.3, -0.25) is 0 Å². The summed E-state index contributed by atoms with van der Waals surface area (Å²) in [5.74, 6) is 0.953. The van der Waals surface area contributed by atoms with E-state index in [1.807, 2.05) is 13.0 Å². The molecule has 2 aromatic heterocycles. The molecule has 0 spiro atoms. The number of thiophene rings is 1. The van der Waals surface area contributed by atoms with Crippen LogP contribution in [0.15, 0.2) is 17.5 Å². The van der Waals surface area contributed by atoms with E-state index in [1.165, 1.54) is 4.88 Å². The normalized spacial score (nSPS) is 10.5. The van der Waals surface area contributed by atoms with Gasteiger partial charge in [-0.15, -0.1) is 11.3 Å². The van der Waals surface area contributed by atoms with Crippen molar-refractivity contribution in [1.29, 1.82) is 0 Å². The molecule has 0 aliphatic heterocycles. The van der Waals surface area contributed by atoms with Crippen molar-refractivity contribution in [2.75, 3.05) is 0 Å². The van der Waals surface area contributed by atoms with Gasteiger partial charge in [0.05, 0.1) is 10.6 Å². The van der Waals surface area contributed by atoms with Gasteiger partial charge in [-0.1, -0.05) is 25.2 Å². The number of H-pyrrole nitrogens is 1. The van der Waals surface area contributed by atoms with Crippen LogP contribution in [0.3, 0.4) is 0 Å². The Morgan fingerprint density at radius 2 is 2.33 bits per heavy atom. The van der Waals surface area contributed by atoms with Gasteiger partial charge in [-0.05, 0) is 18.4 Å². The summed E-state index contributed by atoms with van der Waals surface area (Å²) in [5, 5.41) is 2.07. The Balaban J connectivity index is 2.65. The molecule has 2 aromatic rings. The lowest BCUT2D eigenvalue weighted by Crippen LogP contribution is -1.98. The smallest absolute Gasteiger partial charge is 0.133 e. The zero-order valence-electron chi connectivity index (χ0n) is 8.70. The lowest BCUT2D eigenvalue weighted by atomic mass is 10.2. The van der Waals surface area contributed by atoms with Crippen LogP contribution in [-0.4, -0.2) is 9.97 Å². The van der Waals surface area contributed by atoms with Crippen LogP contribution >= 0.6 is 23.6 Å². The van der Waals surface area contributed by atoms with Crippen LogP contribution in [0.1, 0.15) is 18.3 Å². The number of nitrogens with one attached hydrogen (secondary N) is 1. The van der Waals surface area contributed by atoms with E-state index in [0.29, 0.717) is 4.64 Å². The molecule has 0 aromatic carbocycles. The number of hydrogen-bond donors (Lipinski definition) is 1. The SMILES string of the molecule is CCc1nc(=S)c(C)c(-c2cccs2)[nH]1. The second kappa shape index (κ2) is 4.24. The van der Waals surface area contributed by atoms with E-state index < -0.39 is 0 Å². The molecule has 0 saturated carbocycles. The minimum absolute atomic E-state index is 0.703. The molecule has 2 heterocycles. The molecular formula is C11H12N2S2. The van der Waals surface area contributed by atoms with Crippen LogP contribution in [0.4, 0.5) is 0 Å². The van der Waals surface area contributed by atoms with E-state index in [0.717, 1.165) is 23.5 Å². The van der Waals surface area contributed by atoms with Crippen molar-refractivity contribution in [2.24, 2.45) is 0 Å². The Morgan fingerprint density at radius 3 is 2.93 bits per heavy atom. The number of nitrogens with zero attached hydrogens (tertiary/aromatic N) is 1. The third kappa shape index (κ3) is 2.01. The first-order chi connectivity index (χ1) is 7.22. The minimum atomic E-state index is 0.703. The molecule has 0 unspecified atom stereocenters.